The summed E-state index contributed by atoms with van der Waals surface area (Å²) in [5.41, 5.74) is 8.25. The molecule has 1 unspecified atom stereocenters. The van der Waals surface area contributed by atoms with Crippen LogP contribution in [0.1, 0.15) is 65.8 Å². The van der Waals surface area contributed by atoms with E-state index >= 15 is 0 Å². The van der Waals surface area contributed by atoms with E-state index in [2.05, 4.69) is 12.1 Å². The molecule has 1 aromatic carbocycles. The fourth-order valence-electron chi connectivity index (χ4n) is 5.85. The van der Waals surface area contributed by atoms with E-state index in [1.807, 2.05) is 37.4 Å². The van der Waals surface area contributed by atoms with E-state index < -0.39 is 11.9 Å². The molecule has 1 atom stereocenters. The summed E-state index contributed by atoms with van der Waals surface area (Å²) in [7, 11) is 0. The number of aryl methyl sites for hydroxylation is 3. The Morgan fingerprint density at radius 1 is 1.18 bits per heavy atom. The van der Waals surface area contributed by atoms with Crippen molar-refractivity contribution < 1.29 is 14.6 Å². The van der Waals surface area contributed by atoms with Gasteiger partial charge in [0, 0.05) is 39.7 Å². The average molecular weight is 473 g/mol. The molecule has 1 aliphatic carbocycles. The molecule has 4 heterocycles. The molecule has 34 heavy (non-hydrogen) atoms. The fourth-order valence-corrected chi connectivity index (χ4v) is 7.25. The molecule has 0 saturated heterocycles. The van der Waals surface area contributed by atoms with Crippen LogP contribution in [0.15, 0.2) is 24.4 Å². The van der Waals surface area contributed by atoms with Gasteiger partial charge in [0.1, 0.15) is 5.75 Å². The van der Waals surface area contributed by atoms with Crippen LogP contribution in [0, 0.1) is 6.92 Å². The molecule has 0 saturated carbocycles. The maximum Gasteiger partial charge on any atom is 0.311 e. The number of hydrogen-bond donors (Lipinski definition) is 1. The quantitative estimate of drug-likeness (QED) is 0.354. The third kappa shape index (κ3) is 3.22. The lowest BCUT2D eigenvalue weighted by atomic mass is 9.85. The molecule has 0 amide bonds. The number of fused-ring (bicyclic) bond motifs is 3. The SMILES string of the molecule is CCCC(C(=O)O)c1c(C)nc2c3c(sc2c1-c1ccc2c4c(ccnc14)CCO2)CCCC3. The third-order valence-electron chi connectivity index (χ3n) is 7.37. The normalized spacial score (nSPS) is 15.8. The topological polar surface area (TPSA) is 72.3 Å². The van der Waals surface area contributed by atoms with Gasteiger partial charge in [0.2, 0.25) is 0 Å². The number of carboxylic acids is 1. The van der Waals surface area contributed by atoms with Crippen LogP contribution < -0.4 is 4.74 Å². The van der Waals surface area contributed by atoms with Crippen LogP contribution in [-0.2, 0) is 24.1 Å². The van der Waals surface area contributed by atoms with Gasteiger partial charge in [-0.2, -0.15) is 0 Å². The lowest BCUT2D eigenvalue weighted by molar-refractivity contribution is -0.139. The van der Waals surface area contributed by atoms with Gasteiger partial charge in [0.25, 0.3) is 0 Å². The number of benzene rings is 1. The second-order valence-electron chi connectivity index (χ2n) is 9.46. The number of carbonyl (C=O) groups is 1. The molecule has 0 bridgehead atoms. The first-order valence-corrected chi connectivity index (χ1v) is 13.1. The van der Waals surface area contributed by atoms with Crippen LogP contribution in [0.5, 0.6) is 5.75 Å². The number of rotatable bonds is 5. The smallest absolute Gasteiger partial charge is 0.311 e. The van der Waals surface area contributed by atoms with E-state index in [0.29, 0.717) is 13.0 Å². The van der Waals surface area contributed by atoms with E-state index in [0.717, 1.165) is 74.9 Å². The van der Waals surface area contributed by atoms with Crippen LogP contribution in [0.3, 0.4) is 0 Å². The number of pyridine rings is 2. The van der Waals surface area contributed by atoms with E-state index in [-0.39, 0.29) is 0 Å². The van der Waals surface area contributed by atoms with Gasteiger partial charge >= 0.3 is 5.97 Å². The molecule has 0 radical (unpaired) electrons. The van der Waals surface area contributed by atoms with Gasteiger partial charge in [-0.25, -0.2) is 0 Å². The van der Waals surface area contributed by atoms with Gasteiger partial charge in [-0.1, -0.05) is 13.3 Å². The summed E-state index contributed by atoms with van der Waals surface area (Å²) in [6.07, 6.45) is 8.63. The van der Waals surface area contributed by atoms with Crippen LogP contribution in [0.25, 0.3) is 32.2 Å². The highest BCUT2D eigenvalue weighted by molar-refractivity contribution is 7.19. The van der Waals surface area contributed by atoms with Gasteiger partial charge in [-0.3, -0.25) is 14.8 Å². The zero-order valence-electron chi connectivity index (χ0n) is 19.6. The van der Waals surface area contributed by atoms with Crippen molar-refractivity contribution in [3.8, 4) is 16.9 Å². The molecule has 4 aromatic rings. The minimum absolute atomic E-state index is 0.583. The number of thiophene rings is 1. The van der Waals surface area contributed by atoms with Gasteiger partial charge < -0.3 is 9.84 Å². The van der Waals surface area contributed by atoms with Gasteiger partial charge in [0.05, 0.1) is 28.3 Å². The largest absolute Gasteiger partial charge is 0.493 e. The van der Waals surface area contributed by atoms with Crippen molar-refractivity contribution in [2.75, 3.05) is 6.61 Å². The minimum atomic E-state index is -0.785. The maximum atomic E-state index is 12.5. The van der Waals surface area contributed by atoms with Crippen molar-refractivity contribution in [2.24, 2.45) is 0 Å². The predicted octanol–water partition coefficient (Wildman–Crippen LogP) is 6.60. The monoisotopic (exact) mass is 472 g/mol. The van der Waals surface area contributed by atoms with Gasteiger partial charge in [0.15, 0.2) is 0 Å². The predicted molar refractivity (Wildman–Crippen MR) is 136 cm³/mol. The Kier molecular flexibility index (Phi) is 5.29. The van der Waals surface area contributed by atoms with E-state index in [1.165, 1.54) is 28.8 Å². The summed E-state index contributed by atoms with van der Waals surface area (Å²) in [5, 5.41) is 11.3. The lowest BCUT2D eigenvalue weighted by Gasteiger charge is -2.23. The number of ether oxygens (including phenoxy) is 1. The number of carboxylic acid groups (broad SMARTS) is 1. The second kappa shape index (κ2) is 8.35. The van der Waals surface area contributed by atoms with Crippen LogP contribution in [0.4, 0.5) is 0 Å². The van der Waals surface area contributed by atoms with Gasteiger partial charge in [-0.15, -0.1) is 11.3 Å². The molecular weight excluding hydrogens is 444 g/mol. The Hall–Kier alpha value is -2.99. The molecule has 6 heteroatoms. The fraction of sp³-hybridized carbons (Fsp3) is 0.393. The molecule has 0 fully saturated rings. The van der Waals surface area contributed by atoms with Crippen molar-refractivity contribution in [1.29, 1.82) is 0 Å². The highest BCUT2D eigenvalue weighted by atomic mass is 32.1. The molecule has 0 spiro atoms. The Balaban J connectivity index is 1.75. The average Bonchev–Trinajstić information content (AvgIpc) is 3.21. The van der Waals surface area contributed by atoms with Crippen LogP contribution in [-0.4, -0.2) is 27.7 Å². The minimum Gasteiger partial charge on any atom is -0.493 e. The summed E-state index contributed by atoms with van der Waals surface area (Å²) in [4.78, 5) is 23.8. The number of aromatic nitrogens is 2. The highest BCUT2D eigenvalue weighted by Crippen LogP contribution is 2.48. The van der Waals surface area contributed by atoms with E-state index in [1.54, 1.807) is 0 Å². The third-order valence-corrected chi connectivity index (χ3v) is 8.67. The number of nitrogens with zero attached hydrogens (tertiary/aromatic N) is 2. The standard InChI is InChI=1S/C28H28N2O3S/c1-3-6-19(28(31)32)22-15(2)30-26-17-7-4-5-8-21(17)34-27(26)24(22)18-9-10-20-23-16(12-14-33-20)11-13-29-25(18)23/h9-11,13,19H,3-8,12,14H2,1-2H3,(H,31,32). The molecule has 2 aliphatic rings. The van der Waals surface area contributed by atoms with E-state index in [4.69, 9.17) is 14.7 Å². The zero-order valence-corrected chi connectivity index (χ0v) is 20.4. The Morgan fingerprint density at radius 2 is 2.03 bits per heavy atom. The van der Waals surface area contributed by atoms with Crippen molar-refractivity contribution in [3.05, 3.63) is 51.7 Å². The lowest BCUT2D eigenvalue weighted by Crippen LogP contribution is -2.15. The van der Waals surface area contributed by atoms with Crippen molar-refractivity contribution in [1.82, 2.24) is 9.97 Å². The van der Waals surface area contributed by atoms with Crippen molar-refractivity contribution >= 4 is 38.4 Å². The molecule has 1 N–H and O–H groups in total. The molecular formula is C28H28N2O3S. The van der Waals surface area contributed by atoms with Crippen molar-refractivity contribution in [2.45, 2.75) is 64.7 Å². The molecule has 1 aliphatic heterocycles. The summed E-state index contributed by atoms with van der Waals surface area (Å²) in [5.74, 6) is -0.517. The first-order valence-electron chi connectivity index (χ1n) is 12.3. The molecule has 174 valence electrons. The van der Waals surface area contributed by atoms with Crippen LogP contribution >= 0.6 is 11.3 Å². The summed E-state index contributed by atoms with van der Waals surface area (Å²) in [6.45, 7) is 4.70. The molecule has 5 nitrogen and oxygen atoms in total. The molecule has 6 rings (SSSR count). The summed E-state index contributed by atoms with van der Waals surface area (Å²) in [6, 6.07) is 6.20. The first kappa shape index (κ1) is 21.5. The Bertz CT molecular complexity index is 1450. The maximum absolute atomic E-state index is 12.5. The first-order chi connectivity index (χ1) is 16.6. The zero-order chi connectivity index (χ0) is 23.4. The Morgan fingerprint density at radius 3 is 2.85 bits per heavy atom. The summed E-state index contributed by atoms with van der Waals surface area (Å²) < 4.78 is 7.09. The van der Waals surface area contributed by atoms with Gasteiger partial charge in [-0.05, 0) is 73.9 Å². The summed E-state index contributed by atoms with van der Waals surface area (Å²) >= 11 is 1.81. The highest BCUT2D eigenvalue weighted by Gasteiger charge is 2.31. The van der Waals surface area contributed by atoms with Crippen molar-refractivity contribution in [3.63, 3.8) is 0 Å². The number of hydrogen-bond acceptors (Lipinski definition) is 5. The van der Waals surface area contributed by atoms with E-state index in [9.17, 15) is 9.90 Å². The van der Waals surface area contributed by atoms with Crippen LogP contribution in [0.2, 0.25) is 0 Å². The number of aliphatic carboxylic acids is 1. The second-order valence-corrected chi connectivity index (χ2v) is 10.6. The molecule has 3 aromatic heterocycles. The Labute approximate surface area is 202 Å².